The fourth-order valence-electron chi connectivity index (χ4n) is 1.76. The van der Waals surface area contributed by atoms with Crippen LogP contribution in [0.5, 0.6) is 0 Å². The zero-order valence-electron chi connectivity index (χ0n) is 12.3. The zero-order chi connectivity index (χ0) is 15.5. The maximum atomic E-state index is 11.8. The minimum atomic E-state index is -1.06. The van der Waals surface area contributed by atoms with Gasteiger partial charge in [-0.25, -0.2) is 9.78 Å². The van der Waals surface area contributed by atoms with Crippen LogP contribution >= 0.6 is 22.7 Å². The van der Waals surface area contributed by atoms with Gasteiger partial charge in [0.2, 0.25) is 0 Å². The summed E-state index contributed by atoms with van der Waals surface area (Å²) in [5, 5.41) is 20.4. The molecule has 0 aliphatic rings. The van der Waals surface area contributed by atoms with Gasteiger partial charge in [0, 0.05) is 4.88 Å². The Kier molecular flexibility index (Phi) is 4.97. The van der Waals surface area contributed by atoms with Crippen molar-refractivity contribution in [2.45, 2.75) is 32.9 Å². The van der Waals surface area contributed by atoms with E-state index in [0.717, 1.165) is 21.1 Å². The number of carbonyl (C=O) groups excluding carboxylic acids is 1. The fraction of sp³-hybridized carbons (Fsp3) is 0.429. The highest BCUT2D eigenvalue weighted by molar-refractivity contribution is 7.11. The van der Waals surface area contributed by atoms with Crippen LogP contribution in [0.3, 0.4) is 0 Å². The number of aryl methyl sites for hydroxylation is 2. The molecule has 2 aromatic rings. The van der Waals surface area contributed by atoms with Gasteiger partial charge >= 0.3 is 6.03 Å². The molecule has 0 aromatic carbocycles. The molecule has 2 aromatic heterocycles. The van der Waals surface area contributed by atoms with Crippen molar-refractivity contribution in [2.24, 2.45) is 0 Å². The van der Waals surface area contributed by atoms with Gasteiger partial charge in [-0.1, -0.05) is 0 Å². The monoisotopic (exact) mass is 325 g/mol. The van der Waals surface area contributed by atoms with E-state index in [1.54, 1.807) is 18.3 Å². The highest BCUT2D eigenvalue weighted by atomic mass is 32.1. The summed E-state index contributed by atoms with van der Waals surface area (Å²) in [6.45, 7) is 6.20. The number of thiophene rings is 1. The van der Waals surface area contributed by atoms with Crippen LogP contribution in [-0.2, 0) is 12.1 Å². The predicted molar refractivity (Wildman–Crippen MR) is 85.7 cm³/mol. The van der Waals surface area contributed by atoms with E-state index < -0.39 is 5.60 Å². The van der Waals surface area contributed by atoms with Gasteiger partial charge in [-0.15, -0.1) is 11.3 Å². The molecule has 21 heavy (non-hydrogen) atoms. The summed E-state index contributed by atoms with van der Waals surface area (Å²) in [5.74, 6) is 0. The Labute approximate surface area is 132 Å². The Hall–Kier alpha value is -1.44. The highest BCUT2D eigenvalue weighted by Gasteiger charge is 2.24. The van der Waals surface area contributed by atoms with Crippen LogP contribution in [0.2, 0.25) is 0 Å². The SMILES string of the molecule is Cc1nc(CNC(=O)NCC(C)(O)c2ccsc2)sc1C. The number of aliphatic hydroxyl groups is 1. The van der Waals surface area contributed by atoms with Crippen LogP contribution in [0.1, 0.15) is 28.1 Å². The summed E-state index contributed by atoms with van der Waals surface area (Å²) in [6.07, 6.45) is 0. The van der Waals surface area contributed by atoms with Crippen molar-refractivity contribution in [1.82, 2.24) is 15.6 Å². The Morgan fingerprint density at radius 2 is 2.19 bits per heavy atom. The molecule has 1 atom stereocenters. The van der Waals surface area contributed by atoms with Gasteiger partial charge in [-0.05, 0) is 43.2 Å². The molecule has 0 saturated heterocycles. The van der Waals surface area contributed by atoms with Crippen molar-refractivity contribution >= 4 is 28.7 Å². The van der Waals surface area contributed by atoms with Crippen molar-refractivity contribution in [3.63, 3.8) is 0 Å². The molecule has 2 amide bonds. The van der Waals surface area contributed by atoms with Crippen molar-refractivity contribution in [3.8, 4) is 0 Å². The second kappa shape index (κ2) is 6.55. The number of hydrogen-bond acceptors (Lipinski definition) is 5. The molecule has 0 bridgehead atoms. The predicted octanol–water partition coefficient (Wildman–Crippen LogP) is 2.53. The van der Waals surface area contributed by atoms with Crippen LogP contribution in [0.4, 0.5) is 4.79 Å². The number of urea groups is 1. The van der Waals surface area contributed by atoms with Gasteiger partial charge in [0.15, 0.2) is 0 Å². The first-order valence-corrected chi connectivity index (χ1v) is 8.34. The number of nitrogens with one attached hydrogen (secondary N) is 2. The summed E-state index contributed by atoms with van der Waals surface area (Å²) in [5.41, 5.74) is 0.739. The standard InChI is InChI=1S/C14H19N3O2S2/c1-9-10(2)21-12(17-9)6-15-13(18)16-8-14(3,19)11-4-5-20-7-11/h4-5,7,19H,6,8H2,1-3H3,(H2,15,16,18). The van der Waals surface area contributed by atoms with E-state index in [9.17, 15) is 9.90 Å². The Bertz CT molecular complexity index is 586. The first kappa shape index (κ1) is 15.9. The molecule has 0 radical (unpaired) electrons. The summed E-state index contributed by atoms with van der Waals surface area (Å²) in [6, 6.07) is 1.54. The molecule has 2 heterocycles. The third-order valence-electron chi connectivity index (χ3n) is 3.21. The average molecular weight is 325 g/mol. The van der Waals surface area contributed by atoms with E-state index in [4.69, 9.17) is 0 Å². The van der Waals surface area contributed by atoms with Crippen LogP contribution < -0.4 is 10.6 Å². The lowest BCUT2D eigenvalue weighted by atomic mass is 9.99. The van der Waals surface area contributed by atoms with Crippen LogP contribution in [0.25, 0.3) is 0 Å². The molecule has 5 nitrogen and oxygen atoms in total. The number of nitrogens with zero attached hydrogens (tertiary/aromatic N) is 1. The topological polar surface area (TPSA) is 74.2 Å². The third kappa shape index (κ3) is 4.26. The lowest BCUT2D eigenvalue weighted by molar-refractivity contribution is 0.0598. The minimum absolute atomic E-state index is 0.158. The average Bonchev–Trinajstić information content (AvgIpc) is 3.06. The van der Waals surface area contributed by atoms with Crippen molar-refractivity contribution < 1.29 is 9.90 Å². The van der Waals surface area contributed by atoms with E-state index >= 15 is 0 Å². The number of thiazole rings is 1. The number of amides is 2. The molecule has 0 aliphatic heterocycles. The summed E-state index contributed by atoms with van der Waals surface area (Å²) < 4.78 is 0. The third-order valence-corrected chi connectivity index (χ3v) is 4.97. The summed E-state index contributed by atoms with van der Waals surface area (Å²) in [4.78, 5) is 17.3. The molecule has 2 rings (SSSR count). The van der Waals surface area contributed by atoms with Gasteiger partial charge in [0.25, 0.3) is 0 Å². The van der Waals surface area contributed by atoms with Gasteiger partial charge in [-0.3, -0.25) is 0 Å². The lowest BCUT2D eigenvalue weighted by Gasteiger charge is -2.22. The second-order valence-corrected chi connectivity index (χ2v) is 7.14. The molecule has 7 heteroatoms. The van der Waals surface area contributed by atoms with Crippen molar-refractivity contribution in [2.75, 3.05) is 6.54 Å². The fourth-order valence-corrected chi connectivity index (χ4v) is 3.42. The van der Waals surface area contributed by atoms with E-state index in [1.165, 1.54) is 11.3 Å². The molecule has 114 valence electrons. The van der Waals surface area contributed by atoms with Crippen LogP contribution in [-0.4, -0.2) is 22.7 Å². The molecule has 0 saturated carbocycles. The zero-order valence-corrected chi connectivity index (χ0v) is 13.9. The van der Waals surface area contributed by atoms with Gasteiger partial charge < -0.3 is 15.7 Å². The molecule has 0 aliphatic carbocycles. The molecule has 0 fully saturated rings. The Morgan fingerprint density at radius 3 is 2.76 bits per heavy atom. The quantitative estimate of drug-likeness (QED) is 0.791. The minimum Gasteiger partial charge on any atom is -0.384 e. The molecular formula is C14H19N3O2S2. The molecule has 1 unspecified atom stereocenters. The van der Waals surface area contributed by atoms with E-state index in [0.29, 0.717) is 6.54 Å². The largest absolute Gasteiger partial charge is 0.384 e. The van der Waals surface area contributed by atoms with Crippen molar-refractivity contribution in [3.05, 3.63) is 38.0 Å². The van der Waals surface area contributed by atoms with Crippen LogP contribution in [0, 0.1) is 13.8 Å². The molecule has 3 N–H and O–H groups in total. The number of carbonyl (C=O) groups is 1. The highest BCUT2D eigenvalue weighted by Crippen LogP contribution is 2.22. The first-order chi connectivity index (χ1) is 9.88. The summed E-state index contributed by atoms with van der Waals surface area (Å²) in [7, 11) is 0. The maximum absolute atomic E-state index is 11.8. The Morgan fingerprint density at radius 1 is 1.43 bits per heavy atom. The van der Waals surface area contributed by atoms with Gasteiger partial charge in [0.05, 0.1) is 18.8 Å². The smallest absolute Gasteiger partial charge is 0.315 e. The van der Waals surface area contributed by atoms with Gasteiger partial charge in [0.1, 0.15) is 10.6 Å². The number of aromatic nitrogens is 1. The van der Waals surface area contributed by atoms with Crippen LogP contribution in [0.15, 0.2) is 16.8 Å². The molecule has 0 spiro atoms. The van der Waals surface area contributed by atoms with Gasteiger partial charge in [-0.2, -0.15) is 11.3 Å². The van der Waals surface area contributed by atoms with E-state index in [1.807, 2.05) is 30.7 Å². The normalized spacial score (nSPS) is 13.7. The summed E-state index contributed by atoms with van der Waals surface area (Å²) >= 11 is 3.09. The number of hydrogen-bond donors (Lipinski definition) is 3. The van der Waals surface area contributed by atoms with E-state index in [2.05, 4.69) is 15.6 Å². The Balaban J connectivity index is 1.80. The number of rotatable bonds is 5. The molecular weight excluding hydrogens is 306 g/mol. The lowest BCUT2D eigenvalue weighted by Crippen LogP contribution is -2.43. The first-order valence-electron chi connectivity index (χ1n) is 6.58. The second-order valence-electron chi connectivity index (χ2n) is 5.07. The van der Waals surface area contributed by atoms with E-state index in [-0.39, 0.29) is 12.6 Å². The maximum Gasteiger partial charge on any atom is 0.315 e. The van der Waals surface area contributed by atoms with Crippen molar-refractivity contribution in [1.29, 1.82) is 0 Å².